The third kappa shape index (κ3) is 1.57. The summed E-state index contributed by atoms with van der Waals surface area (Å²) in [6.07, 6.45) is 1.55. The molecule has 2 N–H and O–H groups in total. The summed E-state index contributed by atoms with van der Waals surface area (Å²) in [5.41, 5.74) is 1.15. The normalized spacial score (nSPS) is 10.1. The van der Waals surface area contributed by atoms with Crippen molar-refractivity contribution in [1.82, 2.24) is 0 Å². The van der Waals surface area contributed by atoms with Crippen LogP contribution >= 0.6 is 0 Å². The molecule has 1 aromatic heterocycles. The molecule has 70 valence electrons. The van der Waals surface area contributed by atoms with Gasteiger partial charge in [0.25, 0.3) is 0 Å². The average molecular weight is 188 g/mol. The van der Waals surface area contributed by atoms with E-state index in [1.54, 1.807) is 36.6 Å². The van der Waals surface area contributed by atoms with Gasteiger partial charge in [0.15, 0.2) is 0 Å². The van der Waals surface area contributed by atoms with Gasteiger partial charge in [-0.1, -0.05) is 24.3 Å². The maximum atomic E-state index is 9.12. The molecular weight excluding hydrogens is 179 g/mol. The van der Waals surface area contributed by atoms with E-state index in [2.05, 4.69) is 0 Å². The van der Waals surface area contributed by atoms with E-state index in [0.29, 0.717) is 16.8 Å². The summed E-state index contributed by atoms with van der Waals surface area (Å²) in [5, 5.41) is 18.2. The number of hydrogen-bond acceptors (Lipinski definition) is 3. The first kappa shape index (κ1) is 9.06. The summed E-state index contributed by atoms with van der Waals surface area (Å²) in [7, 11) is -1.48. The van der Waals surface area contributed by atoms with E-state index >= 15 is 0 Å². The van der Waals surface area contributed by atoms with Crippen LogP contribution in [0.15, 0.2) is 47.1 Å². The Labute approximate surface area is 81.8 Å². The molecule has 2 aromatic rings. The van der Waals surface area contributed by atoms with Crippen LogP contribution in [0.25, 0.3) is 11.3 Å². The summed E-state index contributed by atoms with van der Waals surface area (Å²) in [5.74, 6) is 0.633. The zero-order valence-corrected chi connectivity index (χ0v) is 7.42. The van der Waals surface area contributed by atoms with E-state index in [-0.39, 0.29) is 0 Å². The Morgan fingerprint density at radius 1 is 1.00 bits per heavy atom. The summed E-state index contributed by atoms with van der Waals surface area (Å²) < 4.78 is 5.19. The van der Waals surface area contributed by atoms with Crippen LogP contribution in [-0.2, 0) is 0 Å². The van der Waals surface area contributed by atoms with Gasteiger partial charge in [0.1, 0.15) is 5.76 Å². The minimum Gasteiger partial charge on any atom is -0.464 e. The van der Waals surface area contributed by atoms with Crippen LogP contribution < -0.4 is 5.46 Å². The predicted molar refractivity (Wildman–Crippen MR) is 54.0 cm³/mol. The van der Waals surface area contributed by atoms with Crippen molar-refractivity contribution in [2.75, 3.05) is 0 Å². The molecule has 0 unspecified atom stereocenters. The van der Waals surface area contributed by atoms with Crippen LogP contribution in [0, 0.1) is 0 Å². The minimum atomic E-state index is -1.48. The standard InChI is InChI=1S/C10H9BO3/c12-11(13)9-5-2-1-4-8(9)10-6-3-7-14-10/h1-7,12-13H. The molecule has 0 aliphatic carbocycles. The van der Waals surface area contributed by atoms with Crippen molar-refractivity contribution in [3.8, 4) is 11.3 Å². The van der Waals surface area contributed by atoms with Crippen molar-refractivity contribution in [2.24, 2.45) is 0 Å². The maximum Gasteiger partial charge on any atom is 0.489 e. The highest BCUT2D eigenvalue weighted by Crippen LogP contribution is 2.17. The molecule has 1 aromatic carbocycles. The van der Waals surface area contributed by atoms with Gasteiger partial charge in [-0.2, -0.15) is 0 Å². The van der Waals surface area contributed by atoms with E-state index in [4.69, 9.17) is 14.5 Å². The van der Waals surface area contributed by atoms with Crippen molar-refractivity contribution in [1.29, 1.82) is 0 Å². The van der Waals surface area contributed by atoms with Crippen molar-refractivity contribution >= 4 is 12.6 Å². The van der Waals surface area contributed by atoms with Gasteiger partial charge in [0.05, 0.1) is 6.26 Å². The zero-order chi connectivity index (χ0) is 9.97. The van der Waals surface area contributed by atoms with Crippen LogP contribution in [0.5, 0.6) is 0 Å². The fourth-order valence-electron chi connectivity index (χ4n) is 1.38. The van der Waals surface area contributed by atoms with Gasteiger partial charge in [-0.3, -0.25) is 0 Å². The lowest BCUT2D eigenvalue weighted by Gasteiger charge is -2.04. The van der Waals surface area contributed by atoms with Crippen LogP contribution in [0.3, 0.4) is 0 Å². The summed E-state index contributed by atoms with van der Waals surface area (Å²) >= 11 is 0. The molecule has 0 bridgehead atoms. The van der Waals surface area contributed by atoms with Crippen LogP contribution in [0.2, 0.25) is 0 Å². The van der Waals surface area contributed by atoms with E-state index in [1.807, 2.05) is 6.07 Å². The summed E-state index contributed by atoms with van der Waals surface area (Å²) in [6.45, 7) is 0. The molecule has 0 atom stereocenters. The Morgan fingerprint density at radius 3 is 2.43 bits per heavy atom. The Morgan fingerprint density at radius 2 is 1.79 bits per heavy atom. The molecule has 0 aliphatic rings. The Balaban J connectivity index is 2.53. The predicted octanol–water partition coefficient (Wildman–Crippen LogP) is 0.626. The highest BCUT2D eigenvalue weighted by molar-refractivity contribution is 6.60. The van der Waals surface area contributed by atoms with Gasteiger partial charge in [-0.05, 0) is 17.6 Å². The monoisotopic (exact) mass is 188 g/mol. The average Bonchev–Trinajstić information content (AvgIpc) is 2.70. The second-order valence-corrected chi connectivity index (χ2v) is 2.94. The van der Waals surface area contributed by atoms with Gasteiger partial charge in [-0.25, -0.2) is 0 Å². The molecule has 0 saturated carbocycles. The Hall–Kier alpha value is -1.52. The lowest BCUT2D eigenvalue weighted by molar-refractivity contribution is 0.425. The first-order valence-electron chi connectivity index (χ1n) is 4.28. The fourth-order valence-corrected chi connectivity index (χ4v) is 1.38. The molecule has 14 heavy (non-hydrogen) atoms. The first-order valence-corrected chi connectivity index (χ1v) is 4.28. The summed E-state index contributed by atoms with van der Waals surface area (Å²) in [6, 6.07) is 10.6. The van der Waals surface area contributed by atoms with Crippen molar-refractivity contribution < 1.29 is 14.5 Å². The second-order valence-electron chi connectivity index (χ2n) is 2.94. The zero-order valence-electron chi connectivity index (χ0n) is 7.42. The van der Waals surface area contributed by atoms with Gasteiger partial charge in [0, 0.05) is 5.56 Å². The van der Waals surface area contributed by atoms with E-state index in [1.165, 1.54) is 0 Å². The molecule has 0 fully saturated rings. The first-order chi connectivity index (χ1) is 6.79. The molecule has 2 rings (SSSR count). The van der Waals surface area contributed by atoms with Crippen LogP contribution in [-0.4, -0.2) is 17.2 Å². The van der Waals surface area contributed by atoms with Gasteiger partial charge in [0.2, 0.25) is 0 Å². The van der Waals surface area contributed by atoms with E-state index in [9.17, 15) is 0 Å². The quantitative estimate of drug-likeness (QED) is 0.679. The molecule has 0 radical (unpaired) electrons. The lowest BCUT2D eigenvalue weighted by atomic mass is 9.76. The molecule has 1 heterocycles. The number of hydrogen-bond donors (Lipinski definition) is 2. The van der Waals surface area contributed by atoms with E-state index in [0.717, 1.165) is 0 Å². The van der Waals surface area contributed by atoms with Gasteiger partial charge < -0.3 is 14.5 Å². The number of furan rings is 1. The SMILES string of the molecule is OB(O)c1ccccc1-c1ccco1. The number of benzene rings is 1. The molecule has 0 amide bonds. The largest absolute Gasteiger partial charge is 0.489 e. The lowest BCUT2D eigenvalue weighted by Crippen LogP contribution is -2.31. The second kappa shape index (κ2) is 3.70. The third-order valence-electron chi connectivity index (χ3n) is 2.03. The van der Waals surface area contributed by atoms with Gasteiger partial charge >= 0.3 is 7.12 Å². The number of rotatable bonds is 2. The minimum absolute atomic E-state index is 0.447. The van der Waals surface area contributed by atoms with Crippen molar-refractivity contribution in [3.63, 3.8) is 0 Å². The fraction of sp³-hybridized carbons (Fsp3) is 0. The van der Waals surface area contributed by atoms with Crippen LogP contribution in [0.4, 0.5) is 0 Å². The summed E-state index contributed by atoms with van der Waals surface area (Å²) in [4.78, 5) is 0. The highest BCUT2D eigenvalue weighted by Gasteiger charge is 2.17. The molecule has 0 aliphatic heterocycles. The molecule has 0 saturated heterocycles. The van der Waals surface area contributed by atoms with E-state index < -0.39 is 7.12 Å². The van der Waals surface area contributed by atoms with Gasteiger partial charge in [-0.15, -0.1) is 0 Å². The third-order valence-corrected chi connectivity index (χ3v) is 2.03. The molecule has 3 nitrogen and oxygen atoms in total. The highest BCUT2D eigenvalue weighted by atomic mass is 16.4. The van der Waals surface area contributed by atoms with Crippen molar-refractivity contribution in [3.05, 3.63) is 42.7 Å². The topological polar surface area (TPSA) is 53.6 Å². The van der Waals surface area contributed by atoms with Crippen LogP contribution in [0.1, 0.15) is 0 Å². The Bertz CT molecular complexity index is 409. The van der Waals surface area contributed by atoms with Crippen molar-refractivity contribution in [2.45, 2.75) is 0 Å². The smallest absolute Gasteiger partial charge is 0.464 e. The molecule has 4 heteroatoms. The Kier molecular flexibility index (Phi) is 2.39. The maximum absolute atomic E-state index is 9.12. The molecule has 0 spiro atoms. The molecular formula is C10H9BO3.